The Balaban J connectivity index is 1.90. The molecule has 2 N–H and O–H groups in total. The van der Waals surface area contributed by atoms with E-state index in [-0.39, 0.29) is 5.91 Å². The second kappa shape index (κ2) is 5.85. The molecular formula is C14H21N3O. The van der Waals surface area contributed by atoms with Crippen LogP contribution in [0.25, 0.3) is 0 Å². The standard InChI is InChI=1S/C14H21N3O/c1-10-4-3-5-11(10)9-17-14(18)13-8-12(15-2)6-7-16-13/h6-8,10-11H,3-5,9H2,1-2H3,(H,15,16)(H,17,18). The summed E-state index contributed by atoms with van der Waals surface area (Å²) in [7, 11) is 1.83. The number of aromatic nitrogens is 1. The fourth-order valence-electron chi connectivity index (χ4n) is 2.55. The molecule has 98 valence electrons. The SMILES string of the molecule is CNc1ccnc(C(=O)NCC2CCCC2C)c1. The predicted octanol–water partition coefficient (Wildman–Crippen LogP) is 2.29. The minimum Gasteiger partial charge on any atom is -0.388 e. The number of hydrogen-bond acceptors (Lipinski definition) is 3. The van der Waals surface area contributed by atoms with Crippen LogP contribution in [0.5, 0.6) is 0 Å². The van der Waals surface area contributed by atoms with E-state index < -0.39 is 0 Å². The lowest BCUT2D eigenvalue weighted by Gasteiger charge is -2.15. The van der Waals surface area contributed by atoms with E-state index in [1.54, 1.807) is 12.3 Å². The lowest BCUT2D eigenvalue weighted by Crippen LogP contribution is -2.30. The molecule has 2 rings (SSSR count). The smallest absolute Gasteiger partial charge is 0.269 e. The van der Waals surface area contributed by atoms with E-state index in [1.165, 1.54) is 19.3 Å². The van der Waals surface area contributed by atoms with Crippen molar-refractivity contribution in [3.05, 3.63) is 24.0 Å². The van der Waals surface area contributed by atoms with Crippen LogP contribution in [0.15, 0.2) is 18.3 Å². The molecule has 1 heterocycles. The van der Waals surface area contributed by atoms with Crippen molar-refractivity contribution in [2.24, 2.45) is 11.8 Å². The molecule has 0 bridgehead atoms. The largest absolute Gasteiger partial charge is 0.388 e. The van der Waals surface area contributed by atoms with E-state index >= 15 is 0 Å². The van der Waals surface area contributed by atoms with Gasteiger partial charge in [-0.15, -0.1) is 0 Å². The summed E-state index contributed by atoms with van der Waals surface area (Å²) in [6.45, 7) is 3.04. The van der Waals surface area contributed by atoms with Gasteiger partial charge in [-0.25, -0.2) is 0 Å². The average molecular weight is 247 g/mol. The van der Waals surface area contributed by atoms with Gasteiger partial charge >= 0.3 is 0 Å². The Hall–Kier alpha value is -1.58. The molecule has 2 unspecified atom stereocenters. The molecule has 2 atom stereocenters. The van der Waals surface area contributed by atoms with Crippen LogP contribution in [0.4, 0.5) is 5.69 Å². The van der Waals surface area contributed by atoms with Gasteiger partial charge in [0.2, 0.25) is 0 Å². The highest BCUT2D eigenvalue weighted by molar-refractivity contribution is 5.93. The van der Waals surface area contributed by atoms with Gasteiger partial charge in [0.1, 0.15) is 5.69 Å². The highest BCUT2D eigenvalue weighted by atomic mass is 16.1. The quantitative estimate of drug-likeness (QED) is 0.858. The first-order valence-corrected chi connectivity index (χ1v) is 6.62. The molecule has 1 aromatic heterocycles. The van der Waals surface area contributed by atoms with Crippen LogP contribution < -0.4 is 10.6 Å². The Kier molecular flexibility index (Phi) is 4.18. The Morgan fingerprint density at radius 3 is 3.00 bits per heavy atom. The Morgan fingerprint density at radius 1 is 1.50 bits per heavy atom. The van der Waals surface area contributed by atoms with Gasteiger partial charge in [-0.1, -0.05) is 19.8 Å². The van der Waals surface area contributed by atoms with E-state index in [4.69, 9.17) is 0 Å². The second-order valence-corrected chi connectivity index (χ2v) is 5.06. The summed E-state index contributed by atoms with van der Waals surface area (Å²) >= 11 is 0. The third kappa shape index (κ3) is 3.00. The maximum absolute atomic E-state index is 12.0. The number of amides is 1. The van der Waals surface area contributed by atoms with Crippen molar-refractivity contribution in [1.29, 1.82) is 0 Å². The molecular weight excluding hydrogens is 226 g/mol. The molecule has 1 aliphatic rings. The Labute approximate surface area is 108 Å². The van der Waals surface area contributed by atoms with Gasteiger partial charge in [0.25, 0.3) is 5.91 Å². The van der Waals surface area contributed by atoms with Gasteiger partial charge in [-0.3, -0.25) is 9.78 Å². The summed E-state index contributed by atoms with van der Waals surface area (Å²) in [5.41, 5.74) is 1.39. The van der Waals surface area contributed by atoms with Gasteiger partial charge in [0.05, 0.1) is 0 Å². The molecule has 1 aliphatic carbocycles. The molecule has 1 amide bonds. The first-order chi connectivity index (χ1) is 8.70. The third-order valence-electron chi connectivity index (χ3n) is 3.85. The minimum absolute atomic E-state index is 0.0776. The molecule has 0 radical (unpaired) electrons. The number of carbonyl (C=O) groups excluding carboxylic acids is 1. The summed E-state index contributed by atoms with van der Waals surface area (Å²) in [6.07, 6.45) is 5.45. The monoisotopic (exact) mass is 247 g/mol. The predicted molar refractivity (Wildman–Crippen MR) is 72.6 cm³/mol. The van der Waals surface area contributed by atoms with Crippen LogP contribution in [-0.2, 0) is 0 Å². The highest BCUT2D eigenvalue weighted by Gasteiger charge is 2.23. The fraction of sp³-hybridized carbons (Fsp3) is 0.571. The van der Waals surface area contributed by atoms with E-state index in [0.29, 0.717) is 11.6 Å². The van der Waals surface area contributed by atoms with Gasteiger partial charge in [-0.05, 0) is 30.4 Å². The maximum Gasteiger partial charge on any atom is 0.269 e. The lowest BCUT2D eigenvalue weighted by molar-refractivity contribution is 0.0939. The molecule has 0 aromatic carbocycles. The van der Waals surface area contributed by atoms with Crippen LogP contribution in [-0.4, -0.2) is 24.5 Å². The summed E-state index contributed by atoms with van der Waals surface area (Å²) in [5.74, 6) is 1.27. The van der Waals surface area contributed by atoms with Crippen LogP contribution in [0.1, 0.15) is 36.7 Å². The number of carbonyl (C=O) groups is 1. The second-order valence-electron chi connectivity index (χ2n) is 5.06. The van der Waals surface area contributed by atoms with Crippen molar-refractivity contribution < 1.29 is 4.79 Å². The van der Waals surface area contributed by atoms with Crippen molar-refractivity contribution >= 4 is 11.6 Å². The molecule has 0 saturated heterocycles. The van der Waals surface area contributed by atoms with Crippen molar-refractivity contribution in [3.8, 4) is 0 Å². The topological polar surface area (TPSA) is 54.0 Å². The molecule has 1 fully saturated rings. The maximum atomic E-state index is 12.0. The van der Waals surface area contributed by atoms with Crippen molar-refractivity contribution in [2.75, 3.05) is 18.9 Å². The van der Waals surface area contributed by atoms with Crippen LogP contribution in [0.2, 0.25) is 0 Å². The van der Waals surface area contributed by atoms with Gasteiger partial charge in [0.15, 0.2) is 0 Å². The van der Waals surface area contributed by atoms with Gasteiger partial charge in [-0.2, -0.15) is 0 Å². The molecule has 0 aliphatic heterocycles. The normalized spacial score (nSPS) is 22.8. The van der Waals surface area contributed by atoms with Gasteiger partial charge in [0, 0.05) is 25.5 Å². The zero-order chi connectivity index (χ0) is 13.0. The van der Waals surface area contributed by atoms with E-state index in [1.807, 2.05) is 13.1 Å². The van der Waals surface area contributed by atoms with E-state index in [0.717, 1.165) is 18.2 Å². The summed E-state index contributed by atoms with van der Waals surface area (Å²) in [4.78, 5) is 16.1. The lowest BCUT2D eigenvalue weighted by atomic mass is 9.98. The molecule has 4 nitrogen and oxygen atoms in total. The molecule has 4 heteroatoms. The highest BCUT2D eigenvalue weighted by Crippen LogP contribution is 2.30. The summed E-state index contributed by atoms with van der Waals surface area (Å²) in [6, 6.07) is 3.61. The molecule has 18 heavy (non-hydrogen) atoms. The van der Waals surface area contributed by atoms with Crippen LogP contribution >= 0.6 is 0 Å². The van der Waals surface area contributed by atoms with Crippen LogP contribution in [0, 0.1) is 11.8 Å². The van der Waals surface area contributed by atoms with E-state index in [2.05, 4.69) is 22.5 Å². The first kappa shape index (κ1) is 12.9. The van der Waals surface area contributed by atoms with Gasteiger partial charge < -0.3 is 10.6 Å². The Bertz CT molecular complexity index is 419. The van der Waals surface area contributed by atoms with Crippen molar-refractivity contribution in [1.82, 2.24) is 10.3 Å². The van der Waals surface area contributed by atoms with Crippen molar-refractivity contribution in [2.45, 2.75) is 26.2 Å². The zero-order valence-electron chi connectivity index (χ0n) is 11.1. The van der Waals surface area contributed by atoms with Crippen LogP contribution in [0.3, 0.4) is 0 Å². The Morgan fingerprint density at radius 2 is 2.33 bits per heavy atom. The molecule has 0 spiro atoms. The number of nitrogens with zero attached hydrogens (tertiary/aromatic N) is 1. The van der Waals surface area contributed by atoms with E-state index in [9.17, 15) is 4.79 Å². The summed E-state index contributed by atoms with van der Waals surface area (Å²) in [5, 5.41) is 6.00. The zero-order valence-corrected chi connectivity index (χ0v) is 11.1. The fourth-order valence-corrected chi connectivity index (χ4v) is 2.55. The minimum atomic E-state index is -0.0776. The number of anilines is 1. The van der Waals surface area contributed by atoms with Crippen molar-refractivity contribution in [3.63, 3.8) is 0 Å². The first-order valence-electron chi connectivity index (χ1n) is 6.62. The third-order valence-corrected chi connectivity index (χ3v) is 3.85. The summed E-state index contributed by atoms with van der Waals surface area (Å²) < 4.78 is 0. The number of hydrogen-bond donors (Lipinski definition) is 2. The molecule has 1 aromatic rings. The average Bonchev–Trinajstić information content (AvgIpc) is 2.81. The number of rotatable bonds is 4. The molecule has 1 saturated carbocycles. The number of pyridine rings is 1. The number of nitrogens with one attached hydrogen (secondary N) is 2.